The molecule has 160 valence electrons. The van der Waals surface area contributed by atoms with E-state index in [0.717, 1.165) is 16.7 Å². The Bertz CT molecular complexity index is 1110. The molecule has 2 aromatic carbocycles. The van der Waals surface area contributed by atoms with Crippen molar-refractivity contribution in [1.29, 1.82) is 0 Å². The number of aryl methyl sites for hydroxylation is 2. The van der Waals surface area contributed by atoms with Crippen LogP contribution in [0.2, 0.25) is 0 Å². The van der Waals surface area contributed by atoms with Crippen LogP contribution in [-0.4, -0.2) is 21.5 Å². The van der Waals surface area contributed by atoms with E-state index in [9.17, 15) is 23.1 Å². The molecular weight excluding hydrogens is 391 g/mol. The molecule has 3 rings (SSSR count). The fraction of sp³-hybridized carbons (Fsp3) is 0.375. The van der Waals surface area contributed by atoms with Crippen molar-refractivity contribution in [1.82, 2.24) is 4.57 Å². The van der Waals surface area contributed by atoms with Crippen LogP contribution >= 0.6 is 0 Å². The summed E-state index contributed by atoms with van der Waals surface area (Å²) in [6.07, 6.45) is -4.06. The second-order valence-corrected chi connectivity index (χ2v) is 8.68. The quantitative estimate of drug-likeness (QED) is 0.614. The van der Waals surface area contributed by atoms with Crippen LogP contribution in [0.5, 0.6) is 0 Å². The maximum absolute atomic E-state index is 14.2. The summed E-state index contributed by atoms with van der Waals surface area (Å²) in [5, 5.41) is 11.3. The predicted molar refractivity (Wildman–Crippen MR) is 113 cm³/mol. The second-order valence-electron chi connectivity index (χ2n) is 8.68. The van der Waals surface area contributed by atoms with Crippen molar-refractivity contribution < 1.29 is 18.3 Å². The van der Waals surface area contributed by atoms with Gasteiger partial charge in [0.15, 0.2) is 11.0 Å². The molecule has 0 radical (unpaired) electrons. The van der Waals surface area contributed by atoms with Crippen molar-refractivity contribution in [2.24, 2.45) is 0 Å². The number of nitrogens with zero attached hydrogens (tertiary/aromatic N) is 1. The van der Waals surface area contributed by atoms with E-state index in [0.29, 0.717) is 10.9 Å². The number of hydrogen-bond acceptors (Lipinski definition) is 2. The lowest BCUT2D eigenvalue weighted by atomic mass is 9.72. The fourth-order valence-corrected chi connectivity index (χ4v) is 4.63. The molecule has 1 N–H and O–H groups in total. The number of hydrogen-bond donors (Lipinski definition) is 1. The van der Waals surface area contributed by atoms with E-state index in [1.54, 1.807) is 38.1 Å². The minimum absolute atomic E-state index is 0.270. The van der Waals surface area contributed by atoms with Gasteiger partial charge in [0.25, 0.3) is 0 Å². The van der Waals surface area contributed by atoms with Crippen LogP contribution in [0.25, 0.3) is 10.9 Å². The van der Waals surface area contributed by atoms with Gasteiger partial charge in [-0.2, -0.15) is 13.2 Å². The molecule has 0 saturated carbocycles. The van der Waals surface area contributed by atoms with Crippen LogP contribution in [0.1, 0.15) is 37.0 Å². The normalized spacial score (nSPS) is 14.7. The molecule has 6 heteroatoms. The summed E-state index contributed by atoms with van der Waals surface area (Å²) in [4.78, 5) is 12.1. The molecule has 1 heterocycles. The number of aliphatic hydroxyl groups is 1. The predicted octanol–water partition coefficient (Wildman–Crippen LogP) is 5.28. The minimum Gasteiger partial charge on any atom is -0.379 e. The van der Waals surface area contributed by atoms with Gasteiger partial charge in [0.1, 0.15) is 0 Å². The number of pyridine rings is 1. The molecule has 0 saturated heterocycles. The fourth-order valence-electron chi connectivity index (χ4n) is 4.63. The van der Waals surface area contributed by atoms with Crippen LogP contribution in [0, 0.1) is 13.8 Å². The Balaban J connectivity index is 2.09. The van der Waals surface area contributed by atoms with Crippen LogP contribution in [0.3, 0.4) is 0 Å². The van der Waals surface area contributed by atoms with Crippen LogP contribution in [0.15, 0.2) is 59.5 Å². The zero-order chi connectivity index (χ0) is 22.3. The zero-order valence-electron chi connectivity index (χ0n) is 17.5. The molecule has 1 unspecified atom stereocenters. The van der Waals surface area contributed by atoms with Crippen molar-refractivity contribution in [2.75, 3.05) is 0 Å². The molecule has 1 aromatic heterocycles. The molecule has 30 heavy (non-hydrogen) atoms. The topological polar surface area (TPSA) is 42.2 Å². The van der Waals surface area contributed by atoms with Gasteiger partial charge in [-0.15, -0.1) is 0 Å². The van der Waals surface area contributed by atoms with Gasteiger partial charge in [-0.1, -0.05) is 44.2 Å². The van der Waals surface area contributed by atoms with Crippen LogP contribution in [-0.2, 0) is 12.0 Å². The van der Waals surface area contributed by atoms with E-state index in [-0.39, 0.29) is 5.43 Å². The first-order chi connectivity index (χ1) is 13.9. The maximum Gasteiger partial charge on any atom is 0.418 e. The number of para-hydroxylation sites is 1. The largest absolute Gasteiger partial charge is 0.418 e. The number of benzene rings is 2. The van der Waals surface area contributed by atoms with E-state index >= 15 is 0 Å². The molecule has 1 atom stereocenters. The summed E-state index contributed by atoms with van der Waals surface area (Å²) in [7, 11) is 0. The van der Waals surface area contributed by atoms with Gasteiger partial charge in [0, 0.05) is 17.6 Å². The van der Waals surface area contributed by atoms with E-state index in [1.807, 2.05) is 32.0 Å². The first kappa shape index (κ1) is 22.1. The highest BCUT2D eigenvalue weighted by molar-refractivity contribution is 5.78. The Morgan fingerprint density at radius 2 is 1.53 bits per heavy atom. The summed E-state index contributed by atoms with van der Waals surface area (Å²) in [5.41, 5.74) is -1.25. The number of rotatable bonds is 5. The molecule has 0 fully saturated rings. The second kappa shape index (κ2) is 7.58. The Labute approximate surface area is 173 Å². The SMILES string of the molecule is Cc1cccc(C)c1C(C)(C)CC(O)(Cn1ccc(=O)c2ccccc21)C(F)(F)F. The van der Waals surface area contributed by atoms with Crippen molar-refractivity contribution in [3.05, 3.63) is 81.6 Å². The summed E-state index contributed by atoms with van der Waals surface area (Å²) < 4.78 is 43.9. The summed E-state index contributed by atoms with van der Waals surface area (Å²) in [6.45, 7) is 6.48. The lowest BCUT2D eigenvalue weighted by molar-refractivity contribution is -0.271. The first-order valence-electron chi connectivity index (χ1n) is 9.80. The van der Waals surface area contributed by atoms with Gasteiger partial charge in [0.05, 0.1) is 12.1 Å². The Morgan fingerprint density at radius 1 is 0.933 bits per heavy atom. The molecule has 0 aliphatic carbocycles. The Kier molecular flexibility index (Phi) is 5.58. The molecule has 0 aliphatic heterocycles. The molecule has 0 amide bonds. The Hall–Kier alpha value is -2.60. The van der Waals surface area contributed by atoms with E-state index in [2.05, 4.69) is 0 Å². The standard InChI is InChI=1S/C24H26F3NO2/c1-16-8-7-9-17(2)21(16)22(3,4)14-23(30,24(25,26)27)15-28-13-12-20(29)18-10-5-6-11-19(18)28/h5-13,30H,14-15H2,1-4H3. The third-order valence-corrected chi connectivity index (χ3v) is 5.74. The van der Waals surface area contributed by atoms with E-state index < -0.39 is 30.2 Å². The summed E-state index contributed by atoms with van der Waals surface area (Å²) >= 11 is 0. The number of halogens is 3. The van der Waals surface area contributed by atoms with Crippen molar-refractivity contribution in [3.8, 4) is 0 Å². The van der Waals surface area contributed by atoms with Crippen molar-refractivity contribution in [2.45, 2.75) is 57.9 Å². The van der Waals surface area contributed by atoms with Gasteiger partial charge >= 0.3 is 6.18 Å². The number of fused-ring (bicyclic) bond motifs is 1. The van der Waals surface area contributed by atoms with Crippen molar-refractivity contribution in [3.63, 3.8) is 0 Å². The Morgan fingerprint density at radius 3 is 2.13 bits per heavy atom. The number of aromatic nitrogens is 1. The summed E-state index contributed by atoms with van der Waals surface area (Å²) in [5.74, 6) is 0. The lowest BCUT2D eigenvalue weighted by Crippen LogP contribution is -2.52. The van der Waals surface area contributed by atoms with E-state index in [1.165, 1.54) is 16.8 Å². The molecule has 3 nitrogen and oxygen atoms in total. The molecule has 0 spiro atoms. The smallest absolute Gasteiger partial charge is 0.379 e. The third kappa shape index (κ3) is 4.01. The van der Waals surface area contributed by atoms with Gasteiger partial charge in [-0.25, -0.2) is 0 Å². The number of alkyl halides is 3. The lowest BCUT2D eigenvalue weighted by Gasteiger charge is -2.39. The van der Waals surface area contributed by atoms with Gasteiger partial charge in [-0.3, -0.25) is 4.79 Å². The van der Waals surface area contributed by atoms with Crippen LogP contribution in [0.4, 0.5) is 13.2 Å². The zero-order valence-corrected chi connectivity index (χ0v) is 17.5. The van der Waals surface area contributed by atoms with Crippen LogP contribution < -0.4 is 5.43 Å². The highest BCUT2D eigenvalue weighted by atomic mass is 19.4. The van der Waals surface area contributed by atoms with Gasteiger partial charge < -0.3 is 9.67 Å². The molecule has 3 aromatic rings. The minimum atomic E-state index is -4.86. The van der Waals surface area contributed by atoms with Gasteiger partial charge in [0.2, 0.25) is 0 Å². The highest BCUT2D eigenvalue weighted by Crippen LogP contribution is 2.43. The molecule has 0 aliphatic rings. The molecule has 0 bridgehead atoms. The monoisotopic (exact) mass is 417 g/mol. The van der Waals surface area contributed by atoms with Gasteiger partial charge in [-0.05, 0) is 54.5 Å². The first-order valence-corrected chi connectivity index (χ1v) is 9.80. The maximum atomic E-state index is 14.2. The summed E-state index contributed by atoms with van der Waals surface area (Å²) in [6, 6.07) is 13.3. The average molecular weight is 417 g/mol. The third-order valence-electron chi connectivity index (χ3n) is 5.74. The molecular formula is C24H26F3NO2. The highest BCUT2D eigenvalue weighted by Gasteiger charge is 2.56. The van der Waals surface area contributed by atoms with E-state index in [4.69, 9.17) is 0 Å². The van der Waals surface area contributed by atoms with Crippen molar-refractivity contribution >= 4 is 10.9 Å². The average Bonchev–Trinajstić information content (AvgIpc) is 2.62.